The standard InChI is InChI=1S/C15H23N3O2.ClH/c1-12-13(5-3-7-15(12)18(19)20)11-17(2)14-6-4-9-16-10-8-14;/h3,5,7,14,16H,4,6,8-11H2,1-2H3;1H. The first kappa shape index (κ1) is 17.9. The molecule has 2 rings (SSSR count). The highest BCUT2D eigenvalue weighted by Gasteiger charge is 2.19. The molecule has 1 heterocycles. The summed E-state index contributed by atoms with van der Waals surface area (Å²) in [4.78, 5) is 13.0. The van der Waals surface area contributed by atoms with Gasteiger partial charge in [0.1, 0.15) is 0 Å². The monoisotopic (exact) mass is 313 g/mol. The third-order valence-electron chi connectivity index (χ3n) is 4.20. The zero-order valence-corrected chi connectivity index (χ0v) is 13.5. The Hall–Kier alpha value is -1.17. The van der Waals surface area contributed by atoms with Gasteiger partial charge in [-0.3, -0.25) is 15.0 Å². The molecule has 0 spiro atoms. The highest BCUT2D eigenvalue weighted by Crippen LogP contribution is 2.23. The second-order valence-corrected chi connectivity index (χ2v) is 5.57. The average Bonchev–Trinajstić information content (AvgIpc) is 2.69. The molecule has 1 saturated heterocycles. The Morgan fingerprint density at radius 3 is 2.86 bits per heavy atom. The van der Waals surface area contributed by atoms with Gasteiger partial charge < -0.3 is 5.32 Å². The molecule has 1 N–H and O–H groups in total. The van der Waals surface area contributed by atoms with Gasteiger partial charge in [-0.25, -0.2) is 0 Å². The van der Waals surface area contributed by atoms with Gasteiger partial charge in [-0.2, -0.15) is 0 Å². The summed E-state index contributed by atoms with van der Waals surface area (Å²) in [6.07, 6.45) is 3.53. The molecule has 118 valence electrons. The van der Waals surface area contributed by atoms with E-state index in [1.165, 1.54) is 12.8 Å². The second kappa shape index (κ2) is 8.32. The van der Waals surface area contributed by atoms with Crippen molar-refractivity contribution >= 4 is 18.1 Å². The smallest absolute Gasteiger partial charge is 0.272 e. The Kier molecular flexibility index (Phi) is 7.08. The summed E-state index contributed by atoms with van der Waals surface area (Å²) in [6.45, 7) is 4.78. The normalized spacial score (nSPS) is 18.9. The summed E-state index contributed by atoms with van der Waals surface area (Å²) in [7, 11) is 2.12. The van der Waals surface area contributed by atoms with E-state index in [2.05, 4.69) is 17.3 Å². The molecule has 0 aromatic heterocycles. The van der Waals surface area contributed by atoms with E-state index in [0.29, 0.717) is 6.04 Å². The maximum Gasteiger partial charge on any atom is 0.272 e. The van der Waals surface area contributed by atoms with E-state index >= 15 is 0 Å². The van der Waals surface area contributed by atoms with Gasteiger partial charge in [0.2, 0.25) is 0 Å². The van der Waals surface area contributed by atoms with Crippen LogP contribution in [0.25, 0.3) is 0 Å². The molecular weight excluding hydrogens is 290 g/mol. The van der Waals surface area contributed by atoms with E-state index in [4.69, 9.17) is 0 Å². The van der Waals surface area contributed by atoms with Crippen LogP contribution in [-0.2, 0) is 6.54 Å². The zero-order valence-electron chi connectivity index (χ0n) is 12.7. The van der Waals surface area contributed by atoms with Crippen LogP contribution in [0.4, 0.5) is 5.69 Å². The summed E-state index contributed by atoms with van der Waals surface area (Å²) in [6, 6.07) is 5.91. The van der Waals surface area contributed by atoms with Crippen LogP contribution < -0.4 is 5.32 Å². The molecule has 0 saturated carbocycles. The van der Waals surface area contributed by atoms with Crippen molar-refractivity contribution < 1.29 is 4.92 Å². The minimum absolute atomic E-state index is 0. The van der Waals surface area contributed by atoms with Gasteiger partial charge in [0.15, 0.2) is 0 Å². The van der Waals surface area contributed by atoms with Crippen LogP contribution in [0, 0.1) is 17.0 Å². The lowest BCUT2D eigenvalue weighted by Crippen LogP contribution is -2.32. The van der Waals surface area contributed by atoms with E-state index < -0.39 is 0 Å². The Labute approximate surface area is 132 Å². The van der Waals surface area contributed by atoms with Crippen LogP contribution in [0.5, 0.6) is 0 Å². The maximum atomic E-state index is 11.0. The topological polar surface area (TPSA) is 58.4 Å². The van der Waals surface area contributed by atoms with Gasteiger partial charge in [-0.15, -0.1) is 12.4 Å². The molecule has 1 aromatic carbocycles. The van der Waals surface area contributed by atoms with E-state index in [0.717, 1.165) is 37.2 Å². The van der Waals surface area contributed by atoms with Gasteiger partial charge in [0, 0.05) is 24.2 Å². The van der Waals surface area contributed by atoms with Crippen LogP contribution >= 0.6 is 12.4 Å². The minimum Gasteiger partial charge on any atom is -0.317 e. The number of nitrogens with one attached hydrogen (secondary N) is 1. The fourth-order valence-corrected chi connectivity index (χ4v) is 2.88. The minimum atomic E-state index is -0.297. The van der Waals surface area contributed by atoms with Crippen LogP contribution in [0.3, 0.4) is 0 Å². The lowest BCUT2D eigenvalue weighted by molar-refractivity contribution is -0.385. The Morgan fingerprint density at radius 2 is 2.14 bits per heavy atom. The average molecular weight is 314 g/mol. The number of nitrogens with zero attached hydrogens (tertiary/aromatic N) is 2. The second-order valence-electron chi connectivity index (χ2n) is 5.57. The number of hydrogen-bond donors (Lipinski definition) is 1. The van der Waals surface area contributed by atoms with E-state index in [1.807, 2.05) is 13.0 Å². The maximum absolute atomic E-state index is 11.0. The lowest BCUT2D eigenvalue weighted by atomic mass is 10.0. The highest BCUT2D eigenvalue weighted by atomic mass is 35.5. The van der Waals surface area contributed by atoms with Crippen molar-refractivity contribution in [3.8, 4) is 0 Å². The molecule has 5 nitrogen and oxygen atoms in total. The Balaban J connectivity index is 0.00000220. The van der Waals surface area contributed by atoms with Crippen molar-refractivity contribution in [2.45, 2.75) is 38.8 Å². The van der Waals surface area contributed by atoms with Crippen LogP contribution in [0.15, 0.2) is 18.2 Å². The van der Waals surface area contributed by atoms with Crippen molar-refractivity contribution in [1.82, 2.24) is 10.2 Å². The van der Waals surface area contributed by atoms with Gasteiger partial charge in [0.05, 0.1) is 4.92 Å². The summed E-state index contributed by atoms with van der Waals surface area (Å²) in [5, 5.41) is 14.4. The molecule has 1 aliphatic heterocycles. The molecular formula is C15H24ClN3O2. The highest BCUT2D eigenvalue weighted by molar-refractivity contribution is 5.85. The molecule has 1 fully saturated rings. The summed E-state index contributed by atoms with van der Waals surface area (Å²) >= 11 is 0. The Bertz CT molecular complexity index is 474. The molecule has 0 amide bonds. The number of rotatable bonds is 4. The van der Waals surface area contributed by atoms with Crippen molar-refractivity contribution in [2.24, 2.45) is 0 Å². The van der Waals surface area contributed by atoms with E-state index in [-0.39, 0.29) is 23.0 Å². The quantitative estimate of drug-likeness (QED) is 0.686. The molecule has 0 radical (unpaired) electrons. The first-order valence-corrected chi connectivity index (χ1v) is 7.23. The largest absolute Gasteiger partial charge is 0.317 e. The molecule has 0 bridgehead atoms. The third kappa shape index (κ3) is 4.66. The lowest BCUT2D eigenvalue weighted by Gasteiger charge is -2.27. The van der Waals surface area contributed by atoms with Crippen molar-refractivity contribution in [3.05, 3.63) is 39.4 Å². The fourth-order valence-electron chi connectivity index (χ4n) is 2.88. The fraction of sp³-hybridized carbons (Fsp3) is 0.600. The summed E-state index contributed by atoms with van der Waals surface area (Å²) in [5.41, 5.74) is 2.06. The van der Waals surface area contributed by atoms with E-state index in [1.54, 1.807) is 12.1 Å². The van der Waals surface area contributed by atoms with Crippen LogP contribution in [-0.4, -0.2) is 36.0 Å². The van der Waals surface area contributed by atoms with E-state index in [9.17, 15) is 10.1 Å². The molecule has 1 atom stereocenters. The molecule has 21 heavy (non-hydrogen) atoms. The first-order valence-electron chi connectivity index (χ1n) is 7.23. The molecule has 0 aliphatic carbocycles. The van der Waals surface area contributed by atoms with Crippen LogP contribution in [0.1, 0.15) is 30.4 Å². The number of nitro groups is 1. The van der Waals surface area contributed by atoms with Crippen molar-refractivity contribution in [3.63, 3.8) is 0 Å². The predicted molar refractivity (Wildman–Crippen MR) is 87.1 cm³/mol. The SMILES string of the molecule is Cc1c(CN(C)C2CCCNCC2)cccc1[N+](=O)[O-].Cl. The summed E-state index contributed by atoms with van der Waals surface area (Å²) < 4.78 is 0. The third-order valence-corrected chi connectivity index (χ3v) is 4.20. The number of nitro benzene ring substituents is 1. The number of hydrogen-bond acceptors (Lipinski definition) is 4. The van der Waals surface area contributed by atoms with Gasteiger partial charge in [-0.05, 0) is 51.9 Å². The van der Waals surface area contributed by atoms with Gasteiger partial charge in [0.25, 0.3) is 5.69 Å². The van der Waals surface area contributed by atoms with Gasteiger partial charge in [-0.1, -0.05) is 12.1 Å². The van der Waals surface area contributed by atoms with Crippen molar-refractivity contribution in [2.75, 3.05) is 20.1 Å². The molecule has 1 unspecified atom stereocenters. The van der Waals surface area contributed by atoms with Crippen LogP contribution in [0.2, 0.25) is 0 Å². The first-order chi connectivity index (χ1) is 9.59. The summed E-state index contributed by atoms with van der Waals surface area (Å²) in [5.74, 6) is 0. The molecule has 6 heteroatoms. The van der Waals surface area contributed by atoms with Crippen molar-refractivity contribution in [1.29, 1.82) is 0 Å². The predicted octanol–water partition coefficient (Wildman–Crippen LogP) is 2.90. The zero-order chi connectivity index (χ0) is 14.5. The van der Waals surface area contributed by atoms with Gasteiger partial charge >= 0.3 is 0 Å². The molecule has 1 aromatic rings. The molecule has 1 aliphatic rings. The Morgan fingerprint density at radius 1 is 1.38 bits per heavy atom. The number of halogens is 1. The number of benzene rings is 1.